The van der Waals surface area contributed by atoms with E-state index in [2.05, 4.69) is 9.88 Å². The van der Waals surface area contributed by atoms with Gasteiger partial charge >= 0.3 is 0 Å². The second-order valence-electron chi connectivity index (χ2n) is 9.90. The predicted molar refractivity (Wildman–Crippen MR) is 131 cm³/mol. The smallest absolute Gasteiger partial charge is 0.253 e. The van der Waals surface area contributed by atoms with Gasteiger partial charge in [-0.15, -0.1) is 0 Å². The van der Waals surface area contributed by atoms with Gasteiger partial charge in [0.05, 0.1) is 32.9 Å². The lowest BCUT2D eigenvalue weighted by molar-refractivity contribution is -0.141. The molecule has 0 saturated carbocycles. The van der Waals surface area contributed by atoms with E-state index in [1.807, 2.05) is 50.4 Å². The minimum absolute atomic E-state index is 0.0215. The molecule has 2 fully saturated rings. The number of amides is 1. The Bertz CT molecular complexity index is 1040. The van der Waals surface area contributed by atoms with Crippen LogP contribution in [0.4, 0.5) is 5.82 Å². The summed E-state index contributed by atoms with van der Waals surface area (Å²) >= 11 is 0. The van der Waals surface area contributed by atoms with Gasteiger partial charge in [0.25, 0.3) is 5.91 Å². The number of methoxy groups -OCH3 is 1. The molecule has 2 aromatic rings. The molecule has 2 aliphatic rings. The van der Waals surface area contributed by atoms with Crippen LogP contribution in [0.25, 0.3) is 0 Å². The van der Waals surface area contributed by atoms with E-state index in [1.54, 1.807) is 14.0 Å². The van der Waals surface area contributed by atoms with Crippen molar-refractivity contribution in [2.75, 3.05) is 44.8 Å². The molecule has 9 nitrogen and oxygen atoms in total. The molecule has 2 aliphatic heterocycles. The Morgan fingerprint density at radius 1 is 1.20 bits per heavy atom. The number of hydrogen-bond acceptors (Lipinski definition) is 8. The summed E-state index contributed by atoms with van der Waals surface area (Å²) in [6.07, 6.45) is -0.340. The van der Waals surface area contributed by atoms with Crippen LogP contribution >= 0.6 is 0 Å². The number of aryl methyl sites for hydroxylation is 1. The maximum absolute atomic E-state index is 12.6. The molecule has 0 radical (unpaired) electrons. The number of carbonyl (C=O) groups is 1. The summed E-state index contributed by atoms with van der Waals surface area (Å²) in [5.41, 5.74) is 1.39. The normalized spacial score (nSPS) is 24.1. The second-order valence-corrected chi connectivity index (χ2v) is 9.90. The first kappa shape index (κ1) is 25.2. The Morgan fingerprint density at radius 2 is 1.94 bits per heavy atom. The molecule has 1 aromatic carbocycles. The number of aliphatic hydroxyl groups excluding tert-OH is 3. The fourth-order valence-electron chi connectivity index (χ4n) is 4.91. The highest BCUT2D eigenvalue weighted by molar-refractivity contribution is 5.81. The molecule has 35 heavy (non-hydrogen) atoms. The van der Waals surface area contributed by atoms with Crippen LogP contribution in [-0.2, 0) is 4.79 Å². The van der Waals surface area contributed by atoms with Gasteiger partial charge < -0.3 is 34.6 Å². The van der Waals surface area contributed by atoms with Gasteiger partial charge in [0, 0.05) is 30.6 Å². The van der Waals surface area contributed by atoms with Crippen molar-refractivity contribution in [3.8, 4) is 11.5 Å². The number of nitrogens with zero attached hydrogens (tertiary/aromatic N) is 3. The lowest BCUT2D eigenvalue weighted by Gasteiger charge is -2.40. The van der Waals surface area contributed by atoms with Gasteiger partial charge in [-0.1, -0.05) is 19.1 Å². The highest BCUT2D eigenvalue weighted by Gasteiger charge is 2.49. The van der Waals surface area contributed by atoms with Crippen LogP contribution in [-0.4, -0.2) is 89.3 Å². The number of hydrogen-bond donors (Lipinski definition) is 3. The molecule has 3 N–H and O–H groups in total. The monoisotopic (exact) mass is 485 g/mol. The highest BCUT2D eigenvalue weighted by Crippen LogP contribution is 2.47. The van der Waals surface area contributed by atoms with Gasteiger partial charge in [0.2, 0.25) is 0 Å². The van der Waals surface area contributed by atoms with Crippen molar-refractivity contribution in [1.82, 2.24) is 9.88 Å². The molecule has 0 bridgehead atoms. The molecule has 4 rings (SSSR count). The van der Waals surface area contributed by atoms with Crippen molar-refractivity contribution < 1.29 is 29.6 Å². The Balaban J connectivity index is 1.52. The van der Waals surface area contributed by atoms with Gasteiger partial charge in [-0.25, -0.2) is 4.98 Å². The molecule has 4 atom stereocenters. The van der Waals surface area contributed by atoms with E-state index in [9.17, 15) is 20.1 Å². The molecule has 3 heterocycles. The third-order valence-electron chi connectivity index (χ3n) is 7.41. The Morgan fingerprint density at radius 3 is 2.54 bits per heavy atom. The first-order valence-electron chi connectivity index (χ1n) is 11.9. The van der Waals surface area contributed by atoms with Crippen LogP contribution in [0.5, 0.6) is 11.5 Å². The summed E-state index contributed by atoms with van der Waals surface area (Å²) in [4.78, 5) is 20.7. The van der Waals surface area contributed by atoms with Gasteiger partial charge in [0.15, 0.2) is 17.6 Å². The zero-order valence-corrected chi connectivity index (χ0v) is 20.7. The van der Waals surface area contributed by atoms with Crippen molar-refractivity contribution in [3.63, 3.8) is 0 Å². The summed E-state index contributed by atoms with van der Waals surface area (Å²) in [5, 5.41) is 29.7. The lowest BCUT2D eigenvalue weighted by atomic mass is 9.72. The van der Waals surface area contributed by atoms with Gasteiger partial charge in [-0.2, -0.15) is 0 Å². The molecule has 0 aliphatic carbocycles. The summed E-state index contributed by atoms with van der Waals surface area (Å²) in [7, 11) is 1.59. The van der Waals surface area contributed by atoms with E-state index < -0.39 is 30.1 Å². The number of aromatic nitrogens is 1. The molecule has 2 saturated heterocycles. The zero-order valence-electron chi connectivity index (χ0n) is 20.7. The van der Waals surface area contributed by atoms with E-state index >= 15 is 0 Å². The Kier molecular flexibility index (Phi) is 7.21. The summed E-state index contributed by atoms with van der Waals surface area (Å²) in [6.45, 7) is 7.03. The van der Waals surface area contributed by atoms with Crippen LogP contribution in [0, 0.1) is 12.3 Å². The lowest BCUT2D eigenvalue weighted by Crippen LogP contribution is -2.54. The van der Waals surface area contributed by atoms with Crippen LogP contribution in [0.2, 0.25) is 0 Å². The minimum Gasteiger partial charge on any atom is -0.493 e. The third kappa shape index (κ3) is 4.94. The maximum Gasteiger partial charge on any atom is 0.253 e. The summed E-state index contributed by atoms with van der Waals surface area (Å²) < 4.78 is 11.8. The number of likely N-dealkylation sites (tertiary alicyclic amines) is 1. The van der Waals surface area contributed by atoms with Crippen molar-refractivity contribution >= 4 is 11.7 Å². The quantitative estimate of drug-likeness (QED) is 0.513. The topological polar surface area (TPSA) is 116 Å². The number of carbonyl (C=O) groups excluding carboxylic acids is 1. The zero-order chi connectivity index (χ0) is 25.3. The number of benzene rings is 1. The maximum atomic E-state index is 12.6. The van der Waals surface area contributed by atoms with E-state index in [-0.39, 0.29) is 18.6 Å². The van der Waals surface area contributed by atoms with Crippen LogP contribution < -0.4 is 14.4 Å². The van der Waals surface area contributed by atoms with Crippen LogP contribution in [0.1, 0.15) is 30.9 Å². The fraction of sp³-hybridized carbons (Fsp3) is 0.538. The van der Waals surface area contributed by atoms with E-state index in [0.717, 1.165) is 16.9 Å². The van der Waals surface area contributed by atoms with Crippen LogP contribution in [0.3, 0.4) is 0 Å². The Hall–Kier alpha value is -2.88. The molecule has 1 amide bonds. The van der Waals surface area contributed by atoms with Gasteiger partial charge in [-0.3, -0.25) is 4.79 Å². The van der Waals surface area contributed by atoms with Crippen LogP contribution in [0.15, 0.2) is 36.5 Å². The van der Waals surface area contributed by atoms with E-state index in [0.29, 0.717) is 31.1 Å². The number of ether oxygens (including phenoxy) is 2. The van der Waals surface area contributed by atoms with Gasteiger partial charge in [-0.05, 0) is 43.2 Å². The average Bonchev–Trinajstić information content (AvgIpc) is 3.19. The first-order chi connectivity index (χ1) is 16.7. The third-order valence-corrected chi connectivity index (χ3v) is 7.41. The molecule has 0 spiro atoms. The standard InChI is InChI=1S/C26H35N3O6/c1-16-5-8-24(27-10-16)28-11-19(12-28)35-23-9-18(6-7-22(23)34-4)20-13-29(25(33)21(32)14-30)15-26(20,3)17(2)31/h5-10,17,19-21,30-32H,11-15H2,1-4H3/t17-,20+,21?,26+/m1/s1. The molecule has 9 heteroatoms. The number of rotatable bonds is 8. The predicted octanol–water partition coefficient (Wildman–Crippen LogP) is 1.33. The average molecular weight is 486 g/mol. The van der Waals surface area contributed by atoms with E-state index in [1.165, 1.54) is 4.90 Å². The molecular formula is C26H35N3O6. The number of anilines is 1. The molecular weight excluding hydrogens is 450 g/mol. The minimum atomic E-state index is -1.47. The Labute approximate surface area is 205 Å². The van der Waals surface area contributed by atoms with E-state index in [4.69, 9.17) is 9.47 Å². The second kappa shape index (κ2) is 10.0. The summed E-state index contributed by atoms with van der Waals surface area (Å²) in [5.74, 6) is 1.41. The fourth-order valence-corrected chi connectivity index (χ4v) is 4.91. The van der Waals surface area contributed by atoms with Crippen molar-refractivity contribution in [2.24, 2.45) is 5.41 Å². The number of pyridine rings is 1. The molecule has 1 aromatic heterocycles. The SMILES string of the molecule is COc1ccc([C@@H]2CN(C(=O)C(O)CO)C[C@@]2(C)[C@@H](C)O)cc1OC1CN(c2ccc(C)cn2)C1. The largest absolute Gasteiger partial charge is 0.493 e. The highest BCUT2D eigenvalue weighted by atomic mass is 16.5. The van der Waals surface area contributed by atoms with Crippen molar-refractivity contribution in [1.29, 1.82) is 0 Å². The van der Waals surface area contributed by atoms with Crippen molar-refractivity contribution in [2.45, 2.75) is 45.0 Å². The van der Waals surface area contributed by atoms with Crippen molar-refractivity contribution in [3.05, 3.63) is 47.7 Å². The molecule has 1 unspecified atom stereocenters. The first-order valence-corrected chi connectivity index (χ1v) is 11.9. The molecule has 190 valence electrons. The summed E-state index contributed by atoms with van der Waals surface area (Å²) in [6, 6.07) is 9.74. The van der Waals surface area contributed by atoms with Gasteiger partial charge in [0.1, 0.15) is 11.9 Å². The number of aliphatic hydroxyl groups is 3.